The van der Waals surface area contributed by atoms with E-state index in [0.29, 0.717) is 0 Å². The molecule has 0 saturated carbocycles. The molecule has 0 aromatic carbocycles. The third-order valence-corrected chi connectivity index (χ3v) is 13.2. The SMILES string of the molecule is CCCCCCCCCCCCSc1sc(SC)[s+]c1SCCCCCCCCCCCC. The topological polar surface area (TPSA) is 0 Å². The maximum Gasteiger partial charge on any atom is 0.314 e. The molecular weight excluding hydrogens is 497 g/mol. The summed E-state index contributed by atoms with van der Waals surface area (Å²) in [5.74, 6) is 2.62. The van der Waals surface area contributed by atoms with Crippen molar-refractivity contribution in [3.8, 4) is 0 Å². The first kappa shape index (κ1) is 32.1. The fraction of sp³-hybridized carbons (Fsp3) is 0.893. The highest BCUT2D eigenvalue weighted by Crippen LogP contribution is 2.46. The van der Waals surface area contributed by atoms with Gasteiger partial charge in [0.05, 0.1) is 0 Å². The summed E-state index contributed by atoms with van der Waals surface area (Å²) in [5, 5.41) is 0. The molecule has 0 radical (unpaired) electrons. The van der Waals surface area contributed by atoms with Crippen molar-refractivity contribution in [1.29, 1.82) is 0 Å². The van der Waals surface area contributed by atoms with E-state index in [0.717, 1.165) is 0 Å². The van der Waals surface area contributed by atoms with Gasteiger partial charge in [-0.3, -0.25) is 0 Å². The zero-order valence-electron chi connectivity index (χ0n) is 22.1. The molecule has 0 unspecified atom stereocenters. The quantitative estimate of drug-likeness (QED) is 0.0676. The Morgan fingerprint density at radius 2 is 0.939 bits per heavy atom. The molecule has 0 N–H and O–H groups in total. The second-order valence-electron chi connectivity index (χ2n) is 9.29. The van der Waals surface area contributed by atoms with Gasteiger partial charge in [-0.2, -0.15) is 0 Å². The Labute approximate surface area is 228 Å². The zero-order chi connectivity index (χ0) is 23.8. The van der Waals surface area contributed by atoms with Gasteiger partial charge >= 0.3 is 3.52 Å². The Bertz CT molecular complexity index is 485. The largest absolute Gasteiger partial charge is 0.314 e. The van der Waals surface area contributed by atoms with E-state index in [2.05, 4.69) is 43.6 Å². The Hall–Kier alpha value is 1.10. The Kier molecular flexibility index (Phi) is 24.1. The van der Waals surface area contributed by atoms with E-state index in [-0.39, 0.29) is 0 Å². The highest BCUT2D eigenvalue weighted by molar-refractivity contribution is 8.07. The molecule has 0 amide bonds. The van der Waals surface area contributed by atoms with Crippen LogP contribution in [0.2, 0.25) is 0 Å². The lowest BCUT2D eigenvalue weighted by molar-refractivity contribution is 0.563. The maximum absolute atomic E-state index is 2.30. The monoisotopic (exact) mass is 549 g/mol. The van der Waals surface area contributed by atoms with E-state index in [1.54, 1.807) is 8.42 Å². The molecule has 1 aromatic heterocycles. The molecule has 0 aliphatic heterocycles. The fourth-order valence-electron chi connectivity index (χ4n) is 4.02. The molecule has 0 bridgehead atoms. The van der Waals surface area contributed by atoms with Crippen molar-refractivity contribution in [2.45, 2.75) is 154 Å². The Morgan fingerprint density at radius 3 is 1.36 bits per heavy atom. The standard InChI is InChI=1S/C28H53S5/c1-4-6-8-10-12-14-16-18-20-22-24-30-26-27(33-28(29-3)32-26)31-25-23-21-19-17-15-13-11-9-7-5-2/h4-25H2,1-3H3/q+1. The average Bonchev–Trinajstić information content (AvgIpc) is 3.23. The van der Waals surface area contributed by atoms with E-state index in [1.165, 1.54) is 143 Å². The second kappa shape index (κ2) is 24.8. The van der Waals surface area contributed by atoms with Crippen molar-refractivity contribution in [3.05, 3.63) is 0 Å². The van der Waals surface area contributed by atoms with Crippen molar-refractivity contribution < 1.29 is 0 Å². The van der Waals surface area contributed by atoms with Gasteiger partial charge in [0.1, 0.15) is 22.7 Å². The molecule has 1 rings (SSSR count). The molecule has 33 heavy (non-hydrogen) atoms. The van der Waals surface area contributed by atoms with Crippen molar-refractivity contribution >= 4 is 58.0 Å². The summed E-state index contributed by atoms with van der Waals surface area (Å²) >= 11 is 10.3. The molecule has 194 valence electrons. The molecule has 0 fully saturated rings. The molecule has 1 aromatic rings. The summed E-state index contributed by atoms with van der Waals surface area (Å²) in [5.41, 5.74) is 0. The number of unbranched alkanes of at least 4 members (excludes halogenated alkanes) is 18. The minimum Gasteiger partial charge on any atom is -0.0873 e. The van der Waals surface area contributed by atoms with Crippen LogP contribution >= 0.6 is 58.0 Å². The van der Waals surface area contributed by atoms with Crippen molar-refractivity contribution in [2.75, 3.05) is 17.8 Å². The fourth-order valence-corrected chi connectivity index (χ4v) is 10.9. The minimum atomic E-state index is 1.31. The number of rotatable bonds is 25. The molecule has 0 aliphatic carbocycles. The number of hydrogen-bond acceptors (Lipinski definition) is 4. The average molecular weight is 550 g/mol. The van der Waals surface area contributed by atoms with Crippen LogP contribution in [0.1, 0.15) is 142 Å². The van der Waals surface area contributed by atoms with Crippen LogP contribution in [0.25, 0.3) is 0 Å². The molecule has 0 atom stereocenters. The lowest BCUT2D eigenvalue weighted by atomic mass is 10.1. The summed E-state index contributed by atoms with van der Waals surface area (Å²) in [7, 11) is 0. The van der Waals surface area contributed by atoms with E-state index in [9.17, 15) is 0 Å². The third kappa shape index (κ3) is 19.0. The van der Waals surface area contributed by atoms with Crippen LogP contribution in [0.4, 0.5) is 0 Å². The van der Waals surface area contributed by atoms with Gasteiger partial charge in [0.15, 0.2) is 0 Å². The van der Waals surface area contributed by atoms with Gasteiger partial charge in [-0.15, -0.1) is 0 Å². The predicted octanol–water partition coefficient (Wildman–Crippen LogP) is 12.8. The van der Waals surface area contributed by atoms with Crippen LogP contribution in [0.5, 0.6) is 0 Å². The van der Waals surface area contributed by atoms with Gasteiger partial charge in [-0.1, -0.05) is 165 Å². The summed E-state index contributed by atoms with van der Waals surface area (Å²) in [4.78, 5) is 0. The van der Waals surface area contributed by atoms with Gasteiger partial charge in [-0.25, -0.2) is 0 Å². The van der Waals surface area contributed by atoms with Crippen LogP contribution in [0.15, 0.2) is 11.9 Å². The van der Waals surface area contributed by atoms with E-state index in [1.807, 2.05) is 34.4 Å². The minimum absolute atomic E-state index is 1.31. The highest BCUT2D eigenvalue weighted by atomic mass is 32.2. The molecule has 0 spiro atoms. The van der Waals surface area contributed by atoms with Gasteiger partial charge in [0.2, 0.25) is 8.42 Å². The van der Waals surface area contributed by atoms with Gasteiger partial charge in [0, 0.05) is 11.5 Å². The lowest BCUT2D eigenvalue weighted by Crippen LogP contribution is -1.85. The Balaban J connectivity index is 2.06. The predicted molar refractivity (Wildman–Crippen MR) is 164 cm³/mol. The van der Waals surface area contributed by atoms with Crippen LogP contribution in [0, 0.1) is 0 Å². The Morgan fingerprint density at radius 1 is 0.545 bits per heavy atom. The molecule has 0 saturated heterocycles. The molecule has 1 heterocycles. The van der Waals surface area contributed by atoms with Crippen molar-refractivity contribution in [2.24, 2.45) is 0 Å². The summed E-state index contributed by atoms with van der Waals surface area (Å²) in [6.45, 7) is 4.61. The first-order valence-corrected chi connectivity index (χ1v) is 18.9. The zero-order valence-corrected chi connectivity index (χ0v) is 26.2. The van der Waals surface area contributed by atoms with Crippen LogP contribution in [-0.4, -0.2) is 17.8 Å². The van der Waals surface area contributed by atoms with Crippen molar-refractivity contribution in [1.82, 2.24) is 0 Å². The van der Waals surface area contributed by atoms with Gasteiger partial charge in [0.25, 0.3) is 0 Å². The number of thioether (sulfide) groups is 3. The van der Waals surface area contributed by atoms with E-state index < -0.39 is 0 Å². The highest BCUT2D eigenvalue weighted by Gasteiger charge is 2.23. The van der Waals surface area contributed by atoms with Gasteiger partial charge < -0.3 is 0 Å². The maximum atomic E-state index is 2.30. The molecule has 0 aliphatic rings. The van der Waals surface area contributed by atoms with Gasteiger partial charge in [-0.05, 0) is 19.1 Å². The normalized spacial score (nSPS) is 11.5. The third-order valence-electron chi connectivity index (χ3n) is 6.15. The van der Waals surface area contributed by atoms with E-state index in [4.69, 9.17) is 0 Å². The second-order valence-corrected chi connectivity index (χ2v) is 15.7. The smallest absolute Gasteiger partial charge is 0.0873 e. The van der Waals surface area contributed by atoms with Crippen LogP contribution < -0.4 is 0 Å². The lowest BCUT2D eigenvalue weighted by Gasteiger charge is -2.02. The number of hydrogen-bond donors (Lipinski definition) is 0. The molecular formula is C28H53S5+. The first-order valence-electron chi connectivity index (χ1n) is 14.1. The van der Waals surface area contributed by atoms with E-state index >= 15 is 0 Å². The molecule has 0 nitrogen and oxygen atoms in total. The molecule has 5 heteroatoms. The van der Waals surface area contributed by atoms with Crippen LogP contribution in [0.3, 0.4) is 0 Å². The van der Waals surface area contributed by atoms with Crippen LogP contribution in [-0.2, 0) is 0 Å². The summed E-state index contributed by atoms with van der Waals surface area (Å²) in [6, 6.07) is 0. The van der Waals surface area contributed by atoms with Crippen molar-refractivity contribution in [3.63, 3.8) is 0 Å². The summed E-state index contributed by atoms with van der Waals surface area (Å²) < 4.78 is 4.75. The summed E-state index contributed by atoms with van der Waals surface area (Å²) in [6.07, 6.45) is 30.9. The first-order chi connectivity index (χ1) is 16.3.